The van der Waals surface area contributed by atoms with Crippen LogP contribution in [0.4, 0.5) is 0 Å². The number of carbonyl (C=O) groups is 2. The predicted molar refractivity (Wildman–Crippen MR) is 268 cm³/mol. The van der Waals surface area contributed by atoms with Gasteiger partial charge in [-0.2, -0.15) is 0 Å². The van der Waals surface area contributed by atoms with Gasteiger partial charge in [0.15, 0.2) is 0 Å². The first-order valence-corrected chi connectivity index (χ1v) is 26.6. The van der Waals surface area contributed by atoms with Gasteiger partial charge < -0.3 is 20.3 Å². The first kappa shape index (κ1) is 59.6. The summed E-state index contributed by atoms with van der Waals surface area (Å²) in [5, 5.41) is 23.8. The van der Waals surface area contributed by atoms with Crippen molar-refractivity contribution >= 4 is 11.9 Å². The minimum absolute atomic E-state index is 0.0299. The second-order valence-corrected chi connectivity index (χ2v) is 18.0. The standard InChI is InChI=1S/C56H101NO5/c1-4-7-10-13-16-19-22-25-27-30-33-36-39-42-45-48-54(59)53(51-58)57-55(60)50-52(47-44-41-38-35-32-29-24-21-18-15-12-9-6-3)62-56(61)49-46-43-40-37-34-31-28-26-23-20-17-14-11-8-5-2/h9,12,15,18,21,24,29,32,35,38,52-54,58-59H,4-8,10-11,13-14,16-17,19-20,22-23,25-28,30-31,33-34,36-37,39-51H2,1-3H3,(H,57,60)/b12-9+,18-15+,24-21-,32-29-,38-35+. The number of rotatable bonds is 47. The third-order valence-electron chi connectivity index (χ3n) is 12.0. The fourth-order valence-corrected chi connectivity index (χ4v) is 7.99. The average molecular weight is 868 g/mol. The SMILES string of the molecule is CC/C=C/C=C/C=C\C=C/C=C/CCCC(CC(=O)NC(CO)C(O)CCCCCCCCCCCCCCCCC)OC(=O)CCCCCCCCCCCCCCCCC. The Kier molecular flexibility index (Phi) is 47.6. The third-order valence-corrected chi connectivity index (χ3v) is 12.0. The Hall–Kier alpha value is -2.44. The van der Waals surface area contributed by atoms with E-state index in [0.717, 1.165) is 57.8 Å². The molecule has 3 N–H and O–H groups in total. The van der Waals surface area contributed by atoms with Crippen LogP contribution in [0.15, 0.2) is 60.8 Å². The number of amides is 1. The van der Waals surface area contributed by atoms with Gasteiger partial charge in [-0.05, 0) is 38.5 Å². The maximum Gasteiger partial charge on any atom is 0.306 e. The van der Waals surface area contributed by atoms with E-state index in [1.54, 1.807) is 0 Å². The van der Waals surface area contributed by atoms with E-state index in [1.165, 1.54) is 154 Å². The van der Waals surface area contributed by atoms with E-state index >= 15 is 0 Å². The zero-order valence-corrected chi connectivity index (χ0v) is 41.0. The lowest BCUT2D eigenvalue weighted by Crippen LogP contribution is -2.46. The normalized spacial score (nSPS) is 13.7. The van der Waals surface area contributed by atoms with E-state index in [0.29, 0.717) is 19.3 Å². The molecule has 0 spiro atoms. The number of aliphatic hydroxyl groups is 2. The monoisotopic (exact) mass is 868 g/mol. The quantitative estimate of drug-likeness (QED) is 0.0322. The molecule has 0 saturated heterocycles. The highest BCUT2D eigenvalue weighted by Gasteiger charge is 2.24. The van der Waals surface area contributed by atoms with Gasteiger partial charge in [0.25, 0.3) is 0 Å². The Bertz CT molecular complexity index is 1110. The molecule has 0 aromatic rings. The highest BCUT2D eigenvalue weighted by Crippen LogP contribution is 2.18. The van der Waals surface area contributed by atoms with Gasteiger partial charge in [0.2, 0.25) is 5.91 Å². The number of nitrogens with one attached hydrogen (secondary N) is 1. The Morgan fingerprint density at radius 2 is 0.871 bits per heavy atom. The maximum absolute atomic E-state index is 13.2. The van der Waals surface area contributed by atoms with Crippen LogP contribution in [0.25, 0.3) is 0 Å². The molecule has 0 aliphatic heterocycles. The number of hydrogen-bond donors (Lipinski definition) is 3. The van der Waals surface area contributed by atoms with Crippen molar-refractivity contribution in [3.8, 4) is 0 Å². The molecule has 0 aliphatic rings. The van der Waals surface area contributed by atoms with Crippen LogP contribution in [0.1, 0.15) is 258 Å². The summed E-state index contributed by atoms with van der Waals surface area (Å²) in [5.74, 6) is -0.539. The first-order valence-electron chi connectivity index (χ1n) is 26.6. The van der Waals surface area contributed by atoms with Crippen LogP contribution >= 0.6 is 0 Å². The van der Waals surface area contributed by atoms with Gasteiger partial charge in [-0.3, -0.25) is 9.59 Å². The van der Waals surface area contributed by atoms with Gasteiger partial charge in [0.1, 0.15) is 6.10 Å². The topological polar surface area (TPSA) is 95.9 Å². The second kappa shape index (κ2) is 49.6. The summed E-state index contributed by atoms with van der Waals surface area (Å²) in [6, 6.07) is -0.724. The summed E-state index contributed by atoms with van der Waals surface area (Å²) >= 11 is 0. The maximum atomic E-state index is 13.2. The lowest BCUT2D eigenvalue weighted by Gasteiger charge is -2.24. The molecule has 0 fully saturated rings. The Morgan fingerprint density at radius 3 is 1.29 bits per heavy atom. The molecular weight excluding hydrogens is 767 g/mol. The van der Waals surface area contributed by atoms with E-state index in [-0.39, 0.29) is 24.9 Å². The zero-order chi connectivity index (χ0) is 45.2. The molecule has 0 aromatic carbocycles. The molecule has 0 aromatic heterocycles. The molecule has 6 nitrogen and oxygen atoms in total. The highest BCUT2D eigenvalue weighted by atomic mass is 16.5. The number of unbranched alkanes of at least 4 members (excludes halogenated alkanes) is 29. The molecule has 0 heterocycles. The summed E-state index contributed by atoms with van der Waals surface area (Å²) in [6.45, 7) is 6.33. The number of carbonyl (C=O) groups excluding carboxylic acids is 2. The van der Waals surface area contributed by atoms with Crippen LogP contribution in [-0.2, 0) is 14.3 Å². The van der Waals surface area contributed by atoms with Gasteiger partial charge in [-0.15, -0.1) is 0 Å². The van der Waals surface area contributed by atoms with Gasteiger partial charge in [0.05, 0.1) is 25.2 Å². The fraction of sp³-hybridized carbons (Fsp3) is 0.786. The Balaban J connectivity index is 4.62. The lowest BCUT2D eigenvalue weighted by molar-refractivity contribution is -0.151. The first-order chi connectivity index (χ1) is 30.5. The lowest BCUT2D eigenvalue weighted by atomic mass is 10.0. The molecule has 3 unspecified atom stereocenters. The summed E-state index contributed by atoms with van der Waals surface area (Å²) < 4.78 is 5.90. The minimum Gasteiger partial charge on any atom is -0.462 e. The van der Waals surface area contributed by atoms with Crippen LogP contribution in [0.3, 0.4) is 0 Å². The summed E-state index contributed by atoms with van der Waals surface area (Å²) in [4.78, 5) is 26.1. The Labute approximate surface area is 384 Å². The van der Waals surface area contributed by atoms with Crippen LogP contribution in [0.5, 0.6) is 0 Å². The van der Waals surface area contributed by atoms with E-state index in [4.69, 9.17) is 4.74 Å². The Morgan fingerprint density at radius 1 is 0.484 bits per heavy atom. The van der Waals surface area contributed by atoms with Crippen LogP contribution in [-0.4, -0.2) is 46.9 Å². The van der Waals surface area contributed by atoms with Crippen molar-refractivity contribution in [1.82, 2.24) is 5.32 Å². The van der Waals surface area contributed by atoms with E-state index in [9.17, 15) is 19.8 Å². The molecule has 1 amide bonds. The number of esters is 1. The van der Waals surface area contributed by atoms with Crippen molar-refractivity contribution in [2.45, 2.75) is 277 Å². The van der Waals surface area contributed by atoms with Gasteiger partial charge in [-0.1, -0.05) is 268 Å². The summed E-state index contributed by atoms with van der Waals surface area (Å²) in [7, 11) is 0. The van der Waals surface area contributed by atoms with E-state index in [2.05, 4.69) is 38.2 Å². The molecule has 0 bridgehead atoms. The molecule has 0 rings (SSSR count). The van der Waals surface area contributed by atoms with Gasteiger partial charge >= 0.3 is 5.97 Å². The average Bonchev–Trinajstić information content (AvgIpc) is 3.26. The smallest absolute Gasteiger partial charge is 0.306 e. The van der Waals surface area contributed by atoms with Crippen molar-refractivity contribution in [3.63, 3.8) is 0 Å². The highest BCUT2D eigenvalue weighted by molar-refractivity contribution is 5.77. The summed E-state index contributed by atoms with van der Waals surface area (Å²) in [5.41, 5.74) is 0. The van der Waals surface area contributed by atoms with Crippen LogP contribution < -0.4 is 5.32 Å². The number of ether oxygens (including phenoxy) is 1. The largest absolute Gasteiger partial charge is 0.462 e. The fourth-order valence-electron chi connectivity index (χ4n) is 7.99. The van der Waals surface area contributed by atoms with Gasteiger partial charge in [0, 0.05) is 6.42 Å². The van der Waals surface area contributed by atoms with Crippen molar-refractivity contribution in [2.24, 2.45) is 0 Å². The third kappa shape index (κ3) is 44.2. The molecule has 0 saturated carbocycles. The molecule has 360 valence electrons. The van der Waals surface area contributed by atoms with Crippen molar-refractivity contribution in [3.05, 3.63) is 60.8 Å². The van der Waals surface area contributed by atoms with Crippen molar-refractivity contribution < 1.29 is 24.5 Å². The molecular formula is C56H101NO5. The molecule has 3 atom stereocenters. The van der Waals surface area contributed by atoms with Crippen molar-refractivity contribution in [2.75, 3.05) is 6.61 Å². The predicted octanol–water partition coefficient (Wildman–Crippen LogP) is 16.0. The van der Waals surface area contributed by atoms with E-state index in [1.807, 2.05) is 48.6 Å². The number of aliphatic hydroxyl groups excluding tert-OH is 2. The molecule has 62 heavy (non-hydrogen) atoms. The minimum atomic E-state index is -0.806. The van der Waals surface area contributed by atoms with Crippen molar-refractivity contribution in [1.29, 1.82) is 0 Å². The zero-order valence-electron chi connectivity index (χ0n) is 41.0. The van der Waals surface area contributed by atoms with E-state index < -0.39 is 18.2 Å². The summed E-state index contributed by atoms with van der Waals surface area (Å²) in [6.07, 6.45) is 61.4. The molecule has 0 aliphatic carbocycles. The van der Waals surface area contributed by atoms with Crippen LogP contribution in [0.2, 0.25) is 0 Å². The molecule has 0 radical (unpaired) electrons. The number of allylic oxidation sites excluding steroid dienone is 10. The molecule has 6 heteroatoms. The van der Waals surface area contributed by atoms with Crippen LogP contribution in [0, 0.1) is 0 Å². The second-order valence-electron chi connectivity index (χ2n) is 18.0. The number of hydrogen-bond acceptors (Lipinski definition) is 5. The van der Waals surface area contributed by atoms with Gasteiger partial charge in [-0.25, -0.2) is 0 Å².